The van der Waals surface area contributed by atoms with Crippen LogP contribution in [0, 0.1) is 11.8 Å². The van der Waals surface area contributed by atoms with E-state index < -0.39 is 23.8 Å². The number of esters is 1. The van der Waals surface area contributed by atoms with Gasteiger partial charge in [0.05, 0.1) is 49.2 Å². The van der Waals surface area contributed by atoms with Gasteiger partial charge < -0.3 is 23.7 Å². The number of anilines is 1. The molecule has 1 saturated carbocycles. The summed E-state index contributed by atoms with van der Waals surface area (Å²) in [6.45, 7) is 3.07. The average Bonchev–Trinajstić information content (AvgIpc) is 3.63. The summed E-state index contributed by atoms with van der Waals surface area (Å²) in [4.78, 5) is 35.5. The lowest BCUT2D eigenvalue weighted by atomic mass is 10.0. The summed E-state index contributed by atoms with van der Waals surface area (Å²) in [6.07, 6.45) is 3.08. The molecule has 260 valence electrons. The number of nitrogens with zero attached hydrogens (tertiary/aromatic N) is 3. The second-order valence-electron chi connectivity index (χ2n) is 12.8. The molecule has 3 saturated heterocycles. The molecule has 4 aliphatic rings. The van der Waals surface area contributed by atoms with Crippen LogP contribution in [0.4, 0.5) is 10.5 Å². The van der Waals surface area contributed by atoms with Gasteiger partial charge in [-0.3, -0.25) is 14.8 Å². The zero-order valence-corrected chi connectivity index (χ0v) is 29.4. The third kappa shape index (κ3) is 6.55. The largest absolute Gasteiger partial charge is 0.497 e. The first-order valence-electron chi connectivity index (χ1n) is 16.4. The molecule has 50 heavy (non-hydrogen) atoms. The van der Waals surface area contributed by atoms with Gasteiger partial charge in [0.2, 0.25) is 0 Å². The maximum Gasteiger partial charge on any atom is 0.415 e. The van der Waals surface area contributed by atoms with Crippen LogP contribution in [-0.4, -0.2) is 68.5 Å². The van der Waals surface area contributed by atoms with Crippen LogP contribution in [-0.2, 0) is 22.4 Å². The molecule has 4 fully saturated rings. The number of fused-ring (bicyclic) bond motifs is 1. The van der Waals surface area contributed by atoms with Crippen molar-refractivity contribution in [3.63, 3.8) is 0 Å². The molecule has 0 N–H and O–H groups in total. The Hall–Kier alpha value is -4.51. The molecular formula is C38H37Cl2N3O7. The van der Waals surface area contributed by atoms with Crippen molar-refractivity contribution in [1.82, 2.24) is 9.88 Å². The lowest BCUT2D eigenvalue weighted by Gasteiger charge is -2.31. The van der Waals surface area contributed by atoms with Crippen LogP contribution in [0.15, 0.2) is 79.1 Å². The normalized spacial score (nSPS) is 21.9. The highest BCUT2D eigenvalue weighted by Gasteiger charge is 2.74. The first kappa shape index (κ1) is 34.0. The van der Waals surface area contributed by atoms with Gasteiger partial charge in [0, 0.05) is 49.8 Å². The lowest BCUT2D eigenvalue weighted by Crippen LogP contribution is -2.42. The van der Waals surface area contributed by atoms with Crippen molar-refractivity contribution >= 4 is 41.0 Å². The van der Waals surface area contributed by atoms with Gasteiger partial charge in [-0.2, -0.15) is 0 Å². The number of halogens is 2. The monoisotopic (exact) mass is 717 g/mol. The number of methoxy groups -OCH3 is 3. The summed E-state index contributed by atoms with van der Waals surface area (Å²) in [5.41, 5.74) is 2.65. The topological polar surface area (TPSA) is 99.7 Å². The molecule has 10 nitrogen and oxygen atoms in total. The number of hydrogen-bond acceptors (Lipinski definition) is 9. The Bertz CT molecular complexity index is 1880. The van der Waals surface area contributed by atoms with Crippen LogP contribution in [0.25, 0.3) is 0 Å². The quantitative estimate of drug-likeness (QED) is 0.139. The number of rotatable bonds is 12. The Balaban J connectivity index is 1.11. The lowest BCUT2D eigenvalue weighted by molar-refractivity contribution is 0.0296. The number of carbonyl (C=O) groups is 2. The fraction of sp³-hybridized carbons (Fsp3) is 0.342. The second-order valence-corrected chi connectivity index (χ2v) is 13.7. The zero-order chi connectivity index (χ0) is 35.0. The summed E-state index contributed by atoms with van der Waals surface area (Å²) in [7, 11) is 4.68. The fourth-order valence-electron chi connectivity index (χ4n) is 7.39. The minimum atomic E-state index is -0.773. The highest BCUT2D eigenvalue weighted by Crippen LogP contribution is 2.63. The van der Waals surface area contributed by atoms with Gasteiger partial charge in [-0.1, -0.05) is 47.5 Å². The van der Waals surface area contributed by atoms with E-state index in [-0.39, 0.29) is 13.0 Å². The number of hydrogen-bond donors (Lipinski definition) is 0. The highest BCUT2D eigenvalue weighted by atomic mass is 35.5. The predicted molar refractivity (Wildman–Crippen MR) is 189 cm³/mol. The smallest absolute Gasteiger partial charge is 0.415 e. The number of carbonyl (C=O) groups excluding carboxylic acids is 2. The van der Waals surface area contributed by atoms with E-state index in [0.717, 1.165) is 31.6 Å². The maximum absolute atomic E-state index is 13.9. The van der Waals surface area contributed by atoms with Gasteiger partial charge in [0.1, 0.15) is 17.5 Å². The van der Waals surface area contributed by atoms with Crippen molar-refractivity contribution in [3.8, 4) is 17.2 Å². The maximum atomic E-state index is 13.9. The number of amides is 1. The number of pyridine rings is 1. The summed E-state index contributed by atoms with van der Waals surface area (Å²) < 4.78 is 28.8. The van der Waals surface area contributed by atoms with Crippen molar-refractivity contribution in [2.75, 3.05) is 45.9 Å². The van der Waals surface area contributed by atoms with Gasteiger partial charge >= 0.3 is 12.1 Å². The third-order valence-corrected chi connectivity index (χ3v) is 10.7. The molecule has 8 rings (SSSR count). The molecule has 0 spiro atoms. The van der Waals surface area contributed by atoms with E-state index in [0.29, 0.717) is 61.5 Å². The number of benzene rings is 3. The van der Waals surface area contributed by atoms with Crippen LogP contribution in [0.2, 0.25) is 10.0 Å². The molecule has 1 aliphatic carbocycles. The van der Waals surface area contributed by atoms with Crippen molar-refractivity contribution in [2.45, 2.75) is 31.1 Å². The Labute approximate surface area is 300 Å². The minimum Gasteiger partial charge on any atom is -0.497 e. The number of aromatic nitrogens is 1. The first-order chi connectivity index (χ1) is 24.2. The Morgan fingerprint density at radius 3 is 2.34 bits per heavy atom. The molecule has 1 aromatic heterocycles. The average molecular weight is 719 g/mol. The first-order valence-corrected chi connectivity index (χ1v) is 17.1. The summed E-state index contributed by atoms with van der Waals surface area (Å²) in [6, 6.07) is 19.6. The molecule has 3 aromatic carbocycles. The van der Waals surface area contributed by atoms with Crippen molar-refractivity contribution in [3.05, 3.63) is 111 Å². The standard InChI is InChI=1S/C38H37Cl2N3O7/c1-46-27-6-4-5-26(16-27)43(37(45)50-38-22-42-14-13-29(38)30(38)21-42)20-23-7-9-24(10-8-23)36(44)49-34(17-28-31(39)18-41-19-32(28)40)25-11-12-33(47-2)35(15-25)48-3/h4-12,15-16,18-19,29-30,34H,13-14,17,20-22H2,1-3H3/t29?,30?,34-,38+/m0/s1. The van der Waals surface area contributed by atoms with E-state index in [2.05, 4.69) is 9.88 Å². The molecule has 4 bridgehead atoms. The van der Waals surface area contributed by atoms with Crippen LogP contribution < -0.4 is 19.1 Å². The molecule has 3 aliphatic heterocycles. The fourth-order valence-corrected chi connectivity index (χ4v) is 7.91. The van der Waals surface area contributed by atoms with E-state index in [1.54, 1.807) is 61.6 Å². The molecule has 4 aromatic rings. The molecule has 1 amide bonds. The van der Waals surface area contributed by atoms with E-state index in [4.69, 9.17) is 46.9 Å². The number of piperidine rings is 3. The van der Waals surface area contributed by atoms with E-state index in [1.807, 2.05) is 24.3 Å². The summed E-state index contributed by atoms with van der Waals surface area (Å²) in [5.74, 6) is 1.94. The summed E-state index contributed by atoms with van der Waals surface area (Å²) >= 11 is 12.9. The Kier molecular flexibility index (Phi) is 9.52. The molecule has 3 unspecified atom stereocenters. The van der Waals surface area contributed by atoms with Crippen LogP contribution >= 0.6 is 23.2 Å². The second kappa shape index (κ2) is 14.0. The molecule has 5 atom stereocenters. The van der Waals surface area contributed by atoms with Crippen LogP contribution in [0.5, 0.6) is 17.2 Å². The van der Waals surface area contributed by atoms with E-state index in [1.165, 1.54) is 19.5 Å². The van der Waals surface area contributed by atoms with Gasteiger partial charge in [0.25, 0.3) is 0 Å². The molecule has 4 heterocycles. The van der Waals surface area contributed by atoms with E-state index >= 15 is 0 Å². The van der Waals surface area contributed by atoms with Crippen molar-refractivity contribution < 1.29 is 33.3 Å². The van der Waals surface area contributed by atoms with Gasteiger partial charge in [-0.15, -0.1) is 0 Å². The molecule has 0 radical (unpaired) electrons. The van der Waals surface area contributed by atoms with Crippen molar-refractivity contribution in [2.24, 2.45) is 11.8 Å². The SMILES string of the molecule is COc1cccc(N(Cc2ccc(C(=O)O[C@@H](Cc3c(Cl)cncc3Cl)c3ccc(OC)c(OC)c3)cc2)C(=O)O[C@]23CN4CCC2C3C4)c1. The van der Waals surface area contributed by atoms with Gasteiger partial charge in [0.15, 0.2) is 11.5 Å². The van der Waals surface area contributed by atoms with E-state index in [9.17, 15) is 9.59 Å². The predicted octanol–water partition coefficient (Wildman–Crippen LogP) is 7.40. The molecule has 12 heteroatoms. The third-order valence-electron chi connectivity index (χ3n) is 10.1. The number of ether oxygens (including phenoxy) is 5. The summed E-state index contributed by atoms with van der Waals surface area (Å²) in [5, 5.41) is 0.717. The van der Waals surface area contributed by atoms with Crippen LogP contribution in [0.1, 0.15) is 39.6 Å². The highest BCUT2D eigenvalue weighted by molar-refractivity contribution is 6.35. The zero-order valence-electron chi connectivity index (χ0n) is 27.9. The Morgan fingerprint density at radius 1 is 0.940 bits per heavy atom. The minimum absolute atomic E-state index is 0.193. The Morgan fingerprint density at radius 2 is 1.70 bits per heavy atom. The molecular weight excluding hydrogens is 681 g/mol. The van der Waals surface area contributed by atoms with Crippen LogP contribution in [0.3, 0.4) is 0 Å². The van der Waals surface area contributed by atoms with Gasteiger partial charge in [-0.25, -0.2) is 9.59 Å². The van der Waals surface area contributed by atoms with Crippen molar-refractivity contribution in [1.29, 1.82) is 0 Å². The van der Waals surface area contributed by atoms with Gasteiger partial charge in [-0.05, 0) is 66.1 Å².